The molecular formula is C14H26O2. The summed E-state index contributed by atoms with van der Waals surface area (Å²) >= 11 is 0. The predicted octanol–water partition coefficient (Wildman–Crippen LogP) is 3.32. The van der Waals surface area contributed by atoms with Crippen molar-refractivity contribution in [2.75, 3.05) is 0 Å². The molecule has 94 valence electrons. The van der Waals surface area contributed by atoms with Crippen LogP contribution in [0.3, 0.4) is 0 Å². The number of rotatable bonds is 7. The molecule has 1 N–H and O–H groups in total. The van der Waals surface area contributed by atoms with Gasteiger partial charge >= 0.3 is 0 Å². The van der Waals surface area contributed by atoms with E-state index in [2.05, 4.69) is 6.92 Å². The van der Waals surface area contributed by atoms with E-state index in [0.29, 0.717) is 5.92 Å². The number of carbonyl (C=O) groups is 1. The monoisotopic (exact) mass is 226 g/mol. The summed E-state index contributed by atoms with van der Waals surface area (Å²) in [6.07, 6.45) is 8.53. The van der Waals surface area contributed by atoms with Gasteiger partial charge in [0.1, 0.15) is 5.78 Å². The summed E-state index contributed by atoms with van der Waals surface area (Å²) in [5, 5.41) is 10.0. The highest BCUT2D eigenvalue weighted by atomic mass is 16.3. The van der Waals surface area contributed by atoms with Crippen LogP contribution in [0.4, 0.5) is 0 Å². The maximum Gasteiger partial charge on any atom is 0.135 e. The molecule has 0 heterocycles. The summed E-state index contributed by atoms with van der Waals surface area (Å²) in [5.74, 6) is 0.760. The highest BCUT2D eigenvalue weighted by Gasteiger charge is 2.27. The van der Waals surface area contributed by atoms with Crippen molar-refractivity contribution in [3.05, 3.63) is 0 Å². The molecule has 0 bridgehead atoms. The number of unbranched alkanes of at least 4 members (excludes halogenated alkanes) is 1. The minimum atomic E-state index is -0.405. The molecule has 1 aliphatic carbocycles. The van der Waals surface area contributed by atoms with E-state index in [1.54, 1.807) is 6.92 Å². The first kappa shape index (κ1) is 13.7. The zero-order chi connectivity index (χ0) is 12.0. The van der Waals surface area contributed by atoms with Gasteiger partial charge in [-0.2, -0.15) is 0 Å². The van der Waals surface area contributed by atoms with Crippen molar-refractivity contribution in [2.45, 2.75) is 71.3 Å². The Kier molecular flexibility index (Phi) is 6.04. The summed E-state index contributed by atoms with van der Waals surface area (Å²) < 4.78 is 0. The minimum absolute atomic E-state index is 0.102. The van der Waals surface area contributed by atoms with Crippen LogP contribution in [0.25, 0.3) is 0 Å². The molecule has 2 heteroatoms. The molecular weight excluding hydrogens is 200 g/mol. The van der Waals surface area contributed by atoms with E-state index in [1.807, 2.05) is 0 Å². The zero-order valence-electron chi connectivity index (χ0n) is 10.7. The van der Waals surface area contributed by atoms with Crippen LogP contribution in [-0.2, 0) is 4.79 Å². The van der Waals surface area contributed by atoms with Crippen LogP contribution in [-0.4, -0.2) is 17.0 Å². The molecule has 1 rings (SSSR count). The summed E-state index contributed by atoms with van der Waals surface area (Å²) in [4.78, 5) is 11.6. The molecule has 0 spiro atoms. The van der Waals surface area contributed by atoms with E-state index >= 15 is 0 Å². The Morgan fingerprint density at radius 3 is 2.50 bits per heavy atom. The number of ketones is 1. The minimum Gasteiger partial charge on any atom is -0.392 e. The fraction of sp³-hybridized carbons (Fsp3) is 0.929. The summed E-state index contributed by atoms with van der Waals surface area (Å²) in [6.45, 7) is 3.75. The Balaban J connectivity index is 2.42. The summed E-state index contributed by atoms with van der Waals surface area (Å²) in [5.41, 5.74) is 0. The SMILES string of the molecule is CCCC[C@H](O)[C@@H](CC1CCCC1)C(C)=O. The first-order valence-corrected chi connectivity index (χ1v) is 6.83. The number of aliphatic hydroxyl groups excluding tert-OH is 1. The van der Waals surface area contributed by atoms with Crippen molar-refractivity contribution in [1.82, 2.24) is 0 Å². The van der Waals surface area contributed by atoms with E-state index < -0.39 is 6.10 Å². The van der Waals surface area contributed by atoms with Gasteiger partial charge in [0, 0.05) is 5.92 Å². The quantitative estimate of drug-likeness (QED) is 0.723. The number of Topliss-reactive ketones (excluding diaryl/α,β-unsaturated/α-hetero) is 1. The molecule has 2 nitrogen and oxygen atoms in total. The van der Waals surface area contributed by atoms with E-state index in [9.17, 15) is 9.90 Å². The van der Waals surface area contributed by atoms with Crippen molar-refractivity contribution in [2.24, 2.45) is 11.8 Å². The highest BCUT2D eigenvalue weighted by Crippen LogP contribution is 2.32. The highest BCUT2D eigenvalue weighted by molar-refractivity contribution is 5.78. The molecule has 0 aromatic heterocycles. The predicted molar refractivity (Wildman–Crippen MR) is 66.3 cm³/mol. The standard InChI is InChI=1S/C14H26O2/c1-3-4-9-14(16)13(11(2)15)10-12-7-5-6-8-12/h12-14,16H,3-10H2,1-2H3/t13-,14-/m0/s1. The fourth-order valence-electron chi connectivity index (χ4n) is 2.81. The van der Waals surface area contributed by atoms with Crippen LogP contribution in [0, 0.1) is 11.8 Å². The van der Waals surface area contributed by atoms with Gasteiger partial charge in [0.15, 0.2) is 0 Å². The van der Waals surface area contributed by atoms with Crippen LogP contribution >= 0.6 is 0 Å². The average Bonchev–Trinajstić information content (AvgIpc) is 2.74. The molecule has 16 heavy (non-hydrogen) atoms. The van der Waals surface area contributed by atoms with Gasteiger partial charge in [-0.15, -0.1) is 0 Å². The maximum absolute atomic E-state index is 11.6. The van der Waals surface area contributed by atoms with Crippen LogP contribution < -0.4 is 0 Å². The van der Waals surface area contributed by atoms with Gasteiger partial charge in [0.2, 0.25) is 0 Å². The number of aliphatic hydroxyl groups is 1. The lowest BCUT2D eigenvalue weighted by Gasteiger charge is -2.23. The lowest BCUT2D eigenvalue weighted by Crippen LogP contribution is -2.28. The molecule has 1 aliphatic rings. The Morgan fingerprint density at radius 1 is 1.38 bits per heavy atom. The second-order valence-electron chi connectivity index (χ2n) is 5.31. The van der Waals surface area contributed by atoms with Gasteiger partial charge in [-0.3, -0.25) is 4.79 Å². The van der Waals surface area contributed by atoms with Gasteiger partial charge in [0.05, 0.1) is 6.10 Å². The third kappa shape index (κ3) is 4.25. The Labute approximate surface area is 99.4 Å². The Hall–Kier alpha value is -0.370. The Morgan fingerprint density at radius 2 is 2.00 bits per heavy atom. The number of hydrogen-bond donors (Lipinski definition) is 1. The van der Waals surface area contributed by atoms with E-state index in [-0.39, 0.29) is 11.7 Å². The molecule has 0 amide bonds. The first-order chi connectivity index (χ1) is 7.65. The smallest absolute Gasteiger partial charge is 0.135 e. The van der Waals surface area contributed by atoms with Crippen molar-refractivity contribution in [3.63, 3.8) is 0 Å². The zero-order valence-corrected chi connectivity index (χ0v) is 10.7. The Bertz CT molecular complexity index is 207. The second kappa shape index (κ2) is 7.05. The third-order valence-corrected chi connectivity index (χ3v) is 3.90. The van der Waals surface area contributed by atoms with Crippen molar-refractivity contribution >= 4 is 5.78 Å². The van der Waals surface area contributed by atoms with Crippen LogP contribution in [0.15, 0.2) is 0 Å². The molecule has 0 saturated heterocycles. The number of carbonyl (C=O) groups excluding carboxylic acids is 1. The molecule has 0 aliphatic heterocycles. The van der Waals surface area contributed by atoms with Gasteiger partial charge in [-0.05, 0) is 25.7 Å². The molecule has 1 fully saturated rings. The maximum atomic E-state index is 11.6. The first-order valence-electron chi connectivity index (χ1n) is 6.83. The van der Waals surface area contributed by atoms with Crippen molar-refractivity contribution in [3.8, 4) is 0 Å². The largest absolute Gasteiger partial charge is 0.392 e. The van der Waals surface area contributed by atoms with Gasteiger partial charge in [-0.1, -0.05) is 45.4 Å². The molecule has 0 unspecified atom stereocenters. The third-order valence-electron chi connectivity index (χ3n) is 3.90. The van der Waals surface area contributed by atoms with Gasteiger partial charge in [-0.25, -0.2) is 0 Å². The normalized spacial score (nSPS) is 20.9. The lowest BCUT2D eigenvalue weighted by atomic mass is 9.85. The van der Waals surface area contributed by atoms with E-state index in [0.717, 1.165) is 25.7 Å². The second-order valence-corrected chi connectivity index (χ2v) is 5.31. The van der Waals surface area contributed by atoms with Crippen molar-refractivity contribution < 1.29 is 9.90 Å². The van der Waals surface area contributed by atoms with Crippen LogP contribution in [0.1, 0.15) is 65.2 Å². The molecule has 0 aromatic rings. The fourth-order valence-corrected chi connectivity index (χ4v) is 2.81. The molecule has 2 atom stereocenters. The molecule has 0 radical (unpaired) electrons. The topological polar surface area (TPSA) is 37.3 Å². The summed E-state index contributed by atoms with van der Waals surface area (Å²) in [7, 11) is 0. The molecule has 1 saturated carbocycles. The molecule has 0 aromatic carbocycles. The summed E-state index contributed by atoms with van der Waals surface area (Å²) in [6, 6.07) is 0. The van der Waals surface area contributed by atoms with Crippen LogP contribution in [0.5, 0.6) is 0 Å². The van der Waals surface area contributed by atoms with Crippen LogP contribution in [0.2, 0.25) is 0 Å². The lowest BCUT2D eigenvalue weighted by molar-refractivity contribution is -0.125. The van der Waals surface area contributed by atoms with Gasteiger partial charge in [0.25, 0.3) is 0 Å². The van der Waals surface area contributed by atoms with Gasteiger partial charge < -0.3 is 5.11 Å². The average molecular weight is 226 g/mol. The number of hydrogen-bond acceptors (Lipinski definition) is 2. The van der Waals surface area contributed by atoms with Crippen molar-refractivity contribution in [1.29, 1.82) is 0 Å². The van der Waals surface area contributed by atoms with E-state index in [1.165, 1.54) is 25.7 Å². The van der Waals surface area contributed by atoms with E-state index in [4.69, 9.17) is 0 Å².